The number of hydrogen-bond acceptors (Lipinski definition) is 3. The molecule has 4 nitrogen and oxygen atoms in total. The summed E-state index contributed by atoms with van der Waals surface area (Å²) in [5.74, 6) is -1.19. The second-order valence-electron chi connectivity index (χ2n) is 4.65. The van der Waals surface area contributed by atoms with Crippen LogP contribution in [0.2, 0.25) is 0 Å². The molecule has 1 aromatic rings. The van der Waals surface area contributed by atoms with Gasteiger partial charge in [0.2, 0.25) is 5.91 Å². The molecule has 1 rings (SSSR count). The fourth-order valence-electron chi connectivity index (χ4n) is 1.31. The number of carbonyl (C=O) groups is 2. The Morgan fingerprint density at radius 2 is 2.06 bits per heavy atom. The molecule has 0 spiro atoms. The Bertz CT molecular complexity index is 423. The van der Waals surface area contributed by atoms with Crippen LogP contribution in [0.15, 0.2) is 12.1 Å². The molecule has 1 heterocycles. The molecule has 1 aromatic heterocycles. The third-order valence-electron chi connectivity index (χ3n) is 2.44. The van der Waals surface area contributed by atoms with Crippen molar-refractivity contribution in [2.24, 2.45) is 5.41 Å². The molecule has 0 aliphatic carbocycles. The van der Waals surface area contributed by atoms with E-state index in [1.54, 1.807) is 25.2 Å². The van der Waals surface area contributed by atoms with Gasteiger partial charge in [-0.25, -0.2) is 0 Å². The molecule has 0 saturated heterocycles. The van der Waals surface area contributed by atoms with Gasteiger partial charge in [-0.15, -0.1) is 11.3 Å². The number of carbonyl (C=O) groups excluding carboxylic acids is 1. The average Bonchev–Trinajstić information content (AvgIpc) is 2.60. The standard InChI is InChI=1S/C12H17NO3S/c1-8-4-5-9(17-8)7-13-10(14)6-12(2,3)11(15)16/h4-5H,6-7H2,1-3H3,(H,13,14)(H,15,16). The smallest absolute Gasteiger partial charge is 0.309 e. The van der Waals surface area contributed by atoms with Crippen LogP contribution < -0.4 is 5.32 Å². The van der Waals surface area contributed by atoms with Crippen molar-refractivity contribution in [2.75, 3.05) is 0 Å². The number of hydrogen-bond donors (Lipinski definition) is 2. The molecule has 0 aliphatic rings. The highest BCUT2D eigenvalue weighted by Crippen LogP contribution is 2.20. The van der Waals surface area contributed by atoms with Gasteiger partial charge in [0.05, 0.1) is 12.0 Å². The van der Waals surface area contributed by atoms with Gasteiger partial charge in [-0.3, -0.25) is 9.59 Å². The van der Waals surface area contributed by atoms with E-state index in [-0.39, 0.29) is 12.3 Å². The Kier molecular flexibility index (Phi) is 4.28. The van der Waals surface area contributed by atoms with Gasteiger partial charge in [-0.05, 0) is 32.9 Å². The van der Waals surface area contributed by atoms with Crippen LogP contribution in [0, 0.1) is 12.3 Å². The maximum Gasteiger partial charge on any atom is 0.309 e. The lowest BCUT2D eigenvalue weighted by molar-refractivity contribution is -0.149. The first-order valence-corrected chi connectivity index (χ1v) is 6.18. The molecule has 94 valence electrons. The second-order valence-corrected chi connectivity index (χ2v) is 6.03. The molecule has 0 aromatic carbocycles. The average molecular weight is 255 g/mol. The number of aliphatic carboxylic acids is 1. The minimum absolute atomic E-state index is 0.00725. The maximum atomic E-state index is 11.6. The van der Waals surface area contributed by atoms with Crippen LogP contribution >= 0.6 is 11.3 Å². The number of carboxylic acids is 1. The SMILES string of the molecule is Cc1ccc(CNC(=O)CC(C)(C)C(=O)O)s1. The fourth-order valence-corrected chi connectivity index (χ4v) is 2.14. The van der Waals surface area contributed by atoms with E-state index < -0.39 is 11.4 Å². The number of amides is 1. The maximum absolute atomic E-state index is 11.6. The van der Waals surface area contributed by atoms with Gasteiger partial charge in [-0.2, -0.15) is 0 Å². The van der Waals surface area contributed by atoms with Crippen molar-refractivity contribution in [1.29, 1.82) is 0 Å². The van der Waals surface area contributed by atoms with Crippen LogP contribution in [0.4, 0.5) is 0 Å². The highest BCUT2D eigenvalue weighted by atomic mass is 32.1. The van der Waals surface area contributed by atoms with Crippen molar-refractivity contribution in [1.82, 2.24) is 5.32 Å². The predicted molar refractivity (Wildman–Crippen MR) is 66.9 cm³/mol. The van der Waals surface area contributed by atoms with E-state index in [4.69, 9.17) is 5.11 Å². The van der Waals surface area contributed by atoms with Crippen molar-refractivity contribution in [3.63, 3.8) is 0 Å². The first-order valence-electron chi connectivity index (χ1n) is 5.37. The topological polar surface area (TPSA) is 66.4 Å². The summed E-state index contributed by atoms with van der Waals surface area (Å²) in [5, 5.41) is 11.6. The van der Waals surface area contributed by atoms with Gasteiger partial charge in [0.15, 0.2) is 0 Å². The van der Waals surface area contributed by atoms with E-state index in [0.29, 0.717) is 6.54 Å². The summed E-state index contributed by atoms with van der Waals surface area (Å²) >= 11 is 1.62. The first kappa shape index (κ1) is 13.7. The zero-order valence-electron chi connectivity index (χ0n) is 10.2. The quantitative estimate of drug-likeness (QED) is 0.847. The number of aryl methyl sites for hydroxylation is 1. The van der Waals surface area contributed by atoms with Crippen LogP contribution in [-0.2, 0) is 16.1 Å². The normalized spacial score (nSPS) is 11.2. The monoisotopic (exact) mass is 255 g/mol. The molecule has 0 radical (unpaired) electrons. The van der Waals surface area contributed by atoms with Crippen LogP contribution in [0.1, 0.15) is 30.0 Å². The summed E-state index contributed by atoms with van der Waals surface area (Å²) in [7, 11) is 0. The number of thiophene rings is 1. The molecule has 5 heteroatoms. The summed E-state index contributed by atoms with van der Waals surface area (Å²) in [5.41, 5.74) is -1.02. The number of carboxylic acid groups (broad SMARTS) is 1. The van der Waals surface area contributed by atoms with Crippen LogP contribution in [0.5, 0.6) is 0 Å². The predicted octanol–water partition coefficient (Wildman–Crippen LogP) is 2.17. The minimum atomic E-state index is -1.02. The molecule has 0 aliphatic heterocycles. The van der Waals surface area contributed by atoms with Crippen LogP contribution in [-0.4, -0.2) is 17.0 Å². The first-order chi connectivity index (χ1) is 7.81. The third-order valence-corrected chi connectivity index (χ3v) is 3.44. The molecule has 0 fully saturated rings. The van der Waals surface area contributed by atoms with E-state index in [9.17, 15) is 9.59 Å². The molecule has 0 saturated carbocycles. The molecule has 0 atom stereocenters. The van der Waals surface area contributed by atoms with Gasteiger partial charge >= 0.3 is 5.97 Å². The Morgan fingerprint density at radius 1 is 1.41 bits per heavy atom. The third kappa shape index (κ3) is 4.19. The molecular formula is C12H17NO3S. The lowest BCUT2D eigenvalue weighted by atomic mass is 9.89. The molecule has 0 bridgehead atoms. The van der Waals surface area contributed by atoms with Gasteiger partial charge in [0.25, 0.3) is 0 Å². The van der Waals surface area contributed by atoms with Gasteiger partial charge in [-0.1, -0.05) is 0 Å². The Hall–Kier alpha value is -1.36. The van der Waals surface area contributed by atoms with E-state index in [0.717, 1.165) is 4.88 Å². The molecular weight excluding hydrogens is 238 g/mol. The summed E-state index contributed by atoms with van der Waals surface area (Å²) in [6, 6.07) is 3.95. The van der Waals surface area contributed by atoms with Gasteiger partial charge < -0.3 is 10.4 Å². The second kappa shape index (κ2) is 5.31. The largest absolute Gasteiger partial charge is 0.481 e. The lowest BCUT2D eigenvalue weighted by Gasteiger charge is -2.17. The highest BCUT2D eigenvalue weighted by Gasteiger charge is 2.29. The molecule has 1 amide bonds. The van der Waals surface area contributed by atoms with E-state index >= 15 is 0 Å². The van der Waals surface area contributed by atoms with E-state index in [2.05, 4.69) is 5.32 Å². The Balaban J connectivity index is 2.43. The summed E-state index contributed by atoms with van der Waals surface area (Å²) in [6.45, 7) is 5.56. The zero-order chi connectivity index (χ0) is 13.1. The Labute approximate surface area is 105 Å². The molecule has 0 unspecified atom stereocenters. The van der Waals surface area contributed by atoms with Crippen molar-refractivity contribution < 1.29 is 14.7 Å². The zero-order valence-corrected chi connectivity index (χ0v) is 11.1. The van der Waals surface area contributed by atoms with Gasteiger partial charge in [0.1, 0.15) is 0 Å². The van der Waals surface area contributed by atoms with Crippen molar-refractivity contribution >= 4 is 23.2 Å². The highest BCUT2D eigenvalue weighted by molar-refractivity contribution is 7.11. The summed E-state index contributed by atoms with van der Waals surface area (Å²) < 4.78 is 0. The van der Waals surface area contributed by atoms with Crippen LogP contribution in [0.25, 0.3) is 0 Å². The number of rotatable bonds is 5. The fraction of sp³-hybridized carbons (Fsp3) is 0.500. The van der Waals surface area contributed by atoms with E-state index in [1.807, 2.05) is 19.1 Å². The van der Waals surface area contributed by atoms with Crippen LogP contribution in [0.3, 0.4) is 0 Å². The van der Waals surface area contributed by atoms with E-state index in [1.165, 1.54) is 4.88 Å². The van der Waals surface area contributed by atoms with Crippen molar-refractivity contribution in [2.45, 2.75) is 33.7 Å². The number of nitrogens with one attached hydrogen (secondary N) is 1. The van der Waals surface area contributed by atoms with Gasteiger partial charge in [0, 0.05) is 16.2 Å². The Morgan fingerprint density at radius 3 is 2.53 bits per heavy atom. The summed E-state index contributed by atoms with van der Waals surface area (Å²) in [4.78, 5) is 24.7. The summed E-state index contributed by atoms with van der Waals surface area (Å²) in [6.07, 6.45) is -0.00725. The minimum Gasteiger partial charge on any atom is -0.481 e. The molecule has 17 heavy (non-hydrogen) atoms. The van der Waals surface area contributed by atoms with Crippen molar-refractivity contribution in [3.8, 4) is 0 Å². The molecule has 2 N–H and O–H groups in total. The van der Waals surface area contributed by atoms with Crippen molar-refractivity contribution in [3.05, 3.63) is 21.9 Å². The lowest BCUT2D eigenvalue weighted by Crippen LogP contribution is -2.32.